The lowest BCUT2D eigenvalue weighted by Crippen LogP contribution is -2.34. The highest BCUT2D eigenvalue weighted by molar-refractivity contribution is 5.91. The normalized spacial score (nSPS) is 10.8. The Balaban J connectivity index is 2.75. The highest BCUT2D eigenvalue weighted by atomic mass is 19.1. The molecule has 5 nitrogen and oxygen atoms in total. The number of ether oxygens (including phenoxy) is 1. The number of nitrogens with zero attached hydrogens (tertiary/aromatic N) is 1. The van der Waals surface area contributed by atoms with E-state index in [1.165, 1.54) is 36.3 Å². The van der Waals surface area contributed by atoms with Gasteiger partial charge < -0.3 is 19.8 Å². The van der Waals surface area contributed by atoms with Gasteiger partial charge in [0.05, 0.1) is 20.3 Å². The molecule has 0 aromatic heterocycles. The van der Waals surface area contributed by atoms with E-state index in [4.69, 9.17) is 14.9 Å². The number of halogens is 1. The van der Waals surface area contributed by atoms with Crippen LogP contribution < -0.4 is 4.74 Å². The summed E-state index contributed by atoms with van der Waals surface area (Å²) in [5.41, 5.74) is 0.518. The fourth-order valence-corrected chi connectivity index (χ4v) is 1.63. The van der Waals surface area contributed by atoms with Crippen molar-refractivity contribution in [3.8, 4) is 5.75 Å². The lowest BCUT2D eigenvalue weighted by Gasteiger charge is -2.18. The van der Waals surface area contributed by atoms with Gasteiger partial charge in [-0.05, 0) is 23.8 Å². The van der Waals surface area contributed by atoms with Crippen LogP contribution in [0.25, 0.3) is 6.08 Å². The SMILES string of the molecule is COc1ccc(C=CC(=O)N(CCO)CCO)cc1F. The number of hydrogen-bond donors (Lipinski definition) is 2. The van der Waals surface area contributed by atoms with Crippen LogP contribution in [0.4, 0.5) is 4.39 Å². The van der Waals surface area contributed by atoms with Crippen LogP contribution in [-0.2, 0) is 4.79 Å². The van der Waals surface area contributed by atoms with E-state index in [1.54, 1.807) is 6.07 Å². The van der Waals surface area contributed by atoms with Crippen LogP contribution in [0.2, 0.25) is 0 Å². The van der Waals surface area contributed by atoms with Gasteiger partial charge in [0.15, 0.2) is 11.6 Å². The van der Waals surface area contributed by atoms with Crippen molar-refractivity contribution < 1.29 is 24.1 Å². The maximum absolute atomic E-state index is 13.5. The zero-order valence-corrected chi connectivity index (χ0v) is 11.3. The van der Waals surface area contributed by atoms with Gasteiger partial charge in [0.2, 0.25) is 5.91 Å². The third-order valence-corrected chi connectivity index (χ3v) is 2.65. The van der Waals surface area contributed by atoms with Crippen molar-refractivity contribution in [1.82, 2.24) is 4.90 Å². The first-order valence-corrected chi connectivity index (χ1v) is 6.14. The van der Waals surface area contributed by atoms with Crippen LogP contribution in [0.15, 0.2) is 24.3 Å². The molecule has 0 fully saturated rings. The minimum absolute atomic E-state index is 0.135. The summed E-state index contributed by atoms with van der Waals surface area (Å²) in [5.74, 6) is -0.732. The maximum atomic E-state index is 13.5. The zero-order valence-electron chi connectivity index (χ0n) is 11.3. The molecule has 0 unspecified atom stereocenters. The number of aliphatic hydroxyl groups is 2. The summed E-state index contributed by atoms with van der Waals surface area (Å²) in [6.07, 6.45) is 2.74. The van der Waals surface area contributed by atoms with E-state index in [0.29, 0.717) is 5.56 Å². The lowest BCUT2D eigenvalue weighted by molar-refractivity contribution is -0.126. The second-order valence-corrected chi connectivity index (χ2v) is 4.00. The van der Waals surface area contributed by atoms with Gasteiger partial charge in [0.25, 0.3) is 0 Å². The van der Waals surface area contributed by atoms with Crippen molar-refractivity contribution in [3.63, 3.8) is 0 Å². The molecule has 0 spiro atoms. The Morgan fingerprint density at radius 1 is 1.35 bits per heavy atom. The Labute approximate surface area is 116 Å². The van der Waals surface area contributed by atoms with Crippen LogP contribution in [-0.4, -0.2) is 54.4 Å². The van der Waals surface area contributed by atoms with Crippen LogP contribution in [0.3, 0.4) is 0 Å². The lowest BCUT2D eigenvalue weighted by atomic mass is 10.2. The van der Waals surface area contributed by atoms with Gasteiger partial charge in [0, 0.05) is 19.2 Å². The van der Waals surface area contributed by atoms with Gasteiger partial charge in [0.1, 0.15) is 0 Å². The van der Waals surface area contributed by atoms with E-state index in [2.05, 4.69) is 0 Å². The smallest absolute Gasteiger partial charge is 0.246 e. The topological polar surface area (TPSA) is 70.0 Å². The quantitative estimate of drug-likeness (QED) is 0.721. The molecule has 110 valence electrons. The monoisotopic (exact) mass is 283 g/mol. The molecule has 0 heterocycles. The van der Waals surface area contributed by atoms with E-state index >= 15 is 0 Å². The molecule has 1 aromatic rings. The average molecular weight is 283 g/mol. The molecule has 20 heavy (non-hydrogen) atoms. The summed E-state index contributed by atoms with van der Waals surface area (Å²) < 4.78 is 18.3. The second kappa shape index (κ2) is 8.29. The van der Waals surface area contributed by atoms with Gasteiger partial charge in [-0.15, -0.1) is 0 Å². The molecule has 0 aliphatic rings. The standard InChI is InChI=1S/C14H18FNO4/c1-20-13-4-2-11(10-12(13)15)3-5-14(19)16(6-8-17)7-9-18/h2-5,10,17-18H,6-9H2,1H3. The van der Waals surface area contributed by atoms with Gasteiger partial charge in [-0.25, -0.2) is 4.39 Å². The van der Waals surface area contributed by atoms with Crippen molar-refractivity contribution in [1.29, 1.82) is 0 Å². The number of aliphatic hydroxyl groups excluding tert-OH is 2. The molecule has 0 aliphatic heterocycles. The largest absolute Gasteiger partial charge is 0.494 e. The summed E-state index contributed by atoms with van der Waals surface area (Å²) in [7, 11) is 1.37. The molecular formula is C14H18FNO4. The van der Waals surface area contributed by atoms with Crippen molar-refractivity contribution in [2.45, 2.75) is 0 Å². The molecule has 0 atom stereocenters. The molecular weight excluding hydrogens is 265 g/mol. The number of carbonyl (C=O) groups is 1. The molecule has 1 rings (SSSR count). The van der Waals surface area contributed by atoms with E-state index in [1.807, 2.05) is 0 Å². The Morgan fingerprint density at radius 3 is 2.50 bits per heavy atom. The number of benzene rings is 1. The van der Waals surface area contributed by atoms with E-state index in [9.17, 15) is 9.18 Å². The maximum Gasteiger partial charge on any atom is 0.246 e. The summed E-state index contributed by atoms with van der Waals surface area (Å²) in [4.78, 5) is 13.1. The minimum atomic E-state index is -0.510. The molecule has 2 N–H and O–H groups in total. The predicted octanol–water partition coefficient (Wildman–Crippen LogP) is 0.661. The third kappa shape index (κ3) is 4.64. The van der Waals surface area contributed by atoms with Crippen LogP contribution in [0.5, 0.6) is 5.75 Å². The third-order valence-electron chi connectivity index (χ3n) is 2.65. The van der Waals surface area contributed by atoms with Gasteiger partial charge >= 0.3 is 0 Å². The molecule has 0 aliphatic carbocycles. The first-order chi connectivity index (χ1) is 9.62. The van der Waals surface area contributed by atoms with Crippen molar-refractivity contribution >= 4 is 12.0 Å². The van der Waals surface area contributed by atoms with Gasteiger partial charge in [-0.3, -0.25) is 4.79 Å². The predicted molar refractivity (Wildman–Crippen MR) is 72.7 cm³/mol. The summed E-state index contributed by atoms with van der Waals surface area (Å²) in [6, 6.07) is 4.35. The molecule has 0 saturated heterocycles. The Morgan fingerprint density at radius 2 is 2.00 bits per heavy atom. The Bertz CT molecular complexity index is 470. The highest BCUT2D eigenvalue weighted by Gasteiger charge is 2.09. The van der Waals surface area contributed by atoms with Gasteiger partial charge in [-0.2, -0.15) is 0 Å². The first-order valence-electron chi connectivity index (χ1n) is 6.14. The zero-order chi connectivity index (χ0) is 15.0. The van der Waals surface area contributed by atoms with Crippen molar-refractivity contribution in [2.75, 3.05) is 33.4 Å². The summed E-state index contributed by atoms with van der Waals surface area (Å²) >= 11 is 0. The van der Waals surface area contributed by atoms with Crippen LogP contribution in [0.1, 0.15) is 5.56 Å². The minimum Gasteiger partial charge on any atom is -0.494 e. The molecule has 0 bridgehead atoms. The van der Waals surface area contributed by atoms with Crippen LogP contribution >= 0.6 is 0 Å². The first kappa shape index (κ1) is 16.1. The fraction of sp³-hybridized carbons (Fsp3) is 0.357. The highest BCUT2D eigenvalue weighted by Crippen LogP contribution is 2.18. The second-order valence-electron chi connectivity index (χ2n) is 4.00. The number of methoxy groups -OCH3 is 1. The molecule has 1 amide bonds. The molecule has 6 heteroatoms. The van der Waals surface area contributed by atoms with Crippen LogP contribution in [0, 0.1) is 5.82 Å². The average Bonchev–Trinajstić information content (AvgIpc) is 2.44. The summed E-state index contributed by atoms with van der Waals surface area (Å²) in [6.45, 7) is -0.0884. The number of carbonyl (C=O) groups excluding carboxylic acids is 1. The van der Waals surface area contributed by atoms with E-state index in [-0.39, 0.29) is 38.0 Å². The number of rotatable bonds is 7. The number of hydrogen-bond acceptors (Lipinski definition) is 4. The number of amides is 1. The molecule has 0 radical (unpaired) electrons. The fourth-order valence-electron chi connectivity index (χ4n) is 1.63. The Kier molecular flexibility index (Phi) is 6.69. The summed E-state index contributed by atoms with van der Waals surface area (Å²) in [5, 5.41) is 17.7. The van der Waals surface area contributed by atoms with Crippen molar-refractivity contribution in [2.24, 2.45) is 0 Å². The van der Waals surface area contributed by atoms with Gasteiger partial charge in [-0.1, -0.05) is 6.07 Å². The molecule has 0 saturated carbocycles. The van der Waals surface area contributed by atoms with E-state index < -0.39 is 5.82 Å². The molecule has 1 aromatic carbocycles. The van der Waals surface area contributed by atoms with E-state index in [0.717, 1.165) is 0 Å². The van der Waals surface area contributed by atoms with Crippen molar-refractivity contribution in [3.05, 3.63) is 35.7 Å². The Hall–Kier alpha value is -1.92.